The van der Waals surface area contributed by atoms with Crippen molar-refractivity contribution in [1.82, 2.24) is 10.6 Å². The molecule has 0 saturated carbocycles. The van der Waals surface area contributed by atoms with Gasteiger partial charge in [0.05, 0.1) is 6.54 Å². The van der Waals surface area contributed by atoms with Gasteiger partial charge in [0, 0.05) is 23.0 Å². The molecule has 1 amide bonds. The number of nitrogens with two attached hydrogens (primary N) is 1. The molecule has 0 radical (unpaired) electrons. The molecule has 7 heteroatoms. The monoisotopic (exact) mass is 486 g/mol. The minimum absolute atomic E-state index is 0. The van der Waals surface area contributed by atoms with E-state index in [4.69, 9.17) is 5.73 Å². The molecule has 1 heterocycles. The summed E-state index contributed by atoms with van der Waals surface area (Å²) in [5.41, 5.74) is 7.51. The molecule has 2 rings (SSSR count). The van der Waals surface area contributed by atoms with Crippen molar-refractivity contribution in [3.63, 3.8) is 0 Å². The highest BCUT2D eigenvalue weighted by Gasteiger charge is 2.08. The Morgan fingerprint density at radius 3 is 2.81 bits per heavy atom. The Balaban J connectivity index is 0.00000338. The van der Waals surface area contributed by atoms with Gasteiger partial charge in [-0.1, -0.05) is 25.1 Å². The molecule has 0 aliphatic carbocycles. The van der Waals surface area contributed by atoms with E-state index in [2.05, 4.69) is 27.1 Å². The van der Waals surface area contributed by atoms with Crippen LogP contribution in [0.4, 0.5) is 0 Å². The average molecular weight is 486 g/mol. The number of aliphatic imine (C=N–C) groups is 1. The minimum atomic E-state index is -0.0535. The molecule has 0 fully saturated rings. The van der Waals surface area contributed by atoms with E-state index in [9.17, 15) is 4.79 Å². The van der Waals surface area contributed by atoms with Gasteiger partial charge in [-0.2, -0.15) is 0 Å². The number of thiophene rings is 1. The van der Waals surface area contributed by atoms with Gasteiger partial charge in [-0.05, 0) is 48.9 Å². The number of hydrogen-bond donors (Lipinski definition) is 3. The van der Waals surface area contributed by atoms with Crippen molar-refractivity contribution in [1.29, 1.82) is 0 Å². The Kier molecular flexibility index (Phi) is 10.3. The largest absolute Gasteiger partial charge is 0.370 e. The molecular formula is C19H27IN4OS. The van der Waals surface area contributed by atoms with E-state index in [0.29, 0.717) is 18.1 Å². The van der Waals surface area contributed by atoms with Crippen LogP contribution in [-0.4, -0.2) is 24.5 Å². The number of rotatable bonds is 8. The first kappa shape index (κ1) is 22.4. The summed E-state index contributed by atoms with van der Waals surface area (Å²) in [6.07, 6.45) is 1.84. The highest BCUT2D eigenvalue weighted by atomic mass is 127. The molecule has 1 atom stereocenters. The van der Waals surface area contributed by atoms with E-state index in [0.717, 1.165) is 24.9 Å². The summed E-state index contributed by atoms with van der Waals surface area (Å²) >= 11 is 1.74. The Bertz CT molecular complexity index is 703. The van der Waals surface area contributed by atoms with Crippen LogP contribution in [0.1, 0.15) is 41.1 Å². The SMILES string of the molecule is CCC(C)NC(=O)c1cccc(CN=C(N)NCCc2cccs2)c1.I. The van der Waals surface area contributed by atoms with Crippen LogP contribution in [0.25, 0.3) is 0 Å². The van der Waals surface area contributed by atoms with Gasteiger partial charge >= 0.3 is 0 Å². The summed E-state index contributed by atoms with van der Waals surface area (Å²) in [7, 11) is 0. The van der Waals surface area contributed by atoms with E-state index in [1.165, 1.54) is 4.88 Å². The number of amides is 1. The second-order valence-electron chi connectivity index (χ2n) is 5.94. The number of carbonyl (C=O) groups is 1. The first-order valence-electron chi connectivity index (χ1n) is 8.54. The molecule has 4 N–H and O–H groups in total. The summed E-state index contributed by atoms with van der Waals surface area (Å²) < 4.78 is 0. The first-order valence-corrected chi connectivity index (χ1v) is 9.42. The van der Waals surface area contributed by atoms with Gasteiger partial charge in [-0.15, -0.1) is 35.3 Å². The number of hydrogen-bond acceptors (Lipinski definition) is 3. The van der Waals surface area contributed by atoms with Crippen LogP contribution >= 0.6 is 35.3 Å². The third kappa shape index (κ3) is 7.74. The summed E-state index contributed by atoms with van der Waals surface area (Å²) in [5.74, 6) is 0.369. The molecule has 26 heavy (non-hydrogen) atoms. The number of halogens is 1. The summed E-state index contributed by atoms with van der Waals surface area (Å²) in [6.45, 7) is 5.24. The van der Waals surface area contributed by atoms with Crippen LogP contribution in [0.3, 0.4) is 0 Å². The molecule has 0 saturated heterocycles. The molecule has 0 aliphatic rings. The zero-order valence-electron chi connectivity index (χ0n) is 15.2. The van der Waals surface area contributed by atoms with E-state index in [-0.39, 0.29) is 35.9 Å². The third-order valence-corrected chi connectivity index (χ3v) is 4.80. The van der Waals surface area contributed by atoms with Gasteiger partial charge in [0.1, 0.15) is 0 Å². The van der Waals surface area contributed by atoms with Crippen molar-refractivity contribution in [3.8, 4) is 0 Å². The van der Waals surface area contributed by atoms with Crippen LogP contribution in [0, 0.1) is 0 Å². The van der Waals surface area contributed by atoms with Crippen LogP contribution in [-0.2, 0) is 13.0 Å². The van der Waals surface area contributed by atoms with Gasteiger partial charge < -0.3 is 16.4 Å². The highest BCUT2D eigenvalue weighted by molar-refractivity contribution is 14.0. The van der Waals surface area contributed by atoms with Crippen molar-refractivity contribution < 1.29 is 4.79 Å². The van der Waals surface area contributed by atoms with Crippen molar-refractivity contribution >= 4 is 47.2 Å². The summed E-state index contributed by atoms with van der Waals surface area (Å²) in [4.78, 5) is 17.8. The maximum absolute atomic E-state index is 12.2. The normalized spacial score (nSPS) is 12.2. The highest BCUT2D eigenvalue weighted by Crippen LogP contribution is 2.09. The predicted molar refractivity (Wildman–Crippen MR) is 120 cm³/mol. The molecule has 0 bridgehead atoms. The molecule has 1 aromatic heterocycles. The van der Waals surface area contributed by atoms with Gasteiger partial charge in [-0.3, -0.25) is 4.79 Å². The Hall–Kier alpha value is -1.61. The van der Waals surface area contributed by atoms with E-state index in [1.54, 1.807) is 11.3 Å². The van der Waals surface area contributed by atoms with Crippen LogP contribution < -0.4 is 16.4 Å². The fraction of sp³-hybridized carbons (Fsp3) is 0.368. The zero-order chi connectivity index (χ0) is 18.1. The summed E-state index contributed by atoms with van der Waals surface area (Å²) in [5, 5.41) is 8.15. The topological polar surface area (TPSA) is 79.5 Å². The van der Waals surface area contributed by atoms with Crippen molar-refractivity contribution in [2.24, 2.45) is 10.7 Å². The van der Waals surface area contributed by atoms with Crippen molar-refractivity contribution in [2.45, 2.75) is 39.3 Å². The van der Waals surface area contributed by atoms with Gasteiger partial charge in [-0.25, -0.2) is 4.99 Å². The van der Waals surface area contributed by atoms with Crippen molar-refractivity contribution in [2.75, 3.05) is 6.54 Å². The first-order chi connectivity index (χ1) is 12.1. The van der Waals surface area contributed by atoms with Gasteiger partial charge in [0.15, 0.2) is 5.96 Å². The van der Waals surface area contributed by atoms with Crippen molar-refractivity contribution in [3.05, 3.63) is 57.8 Å². The molecule has 0 aliphatic heterocycles. The maximum Gasteiger partial charge on any atom is 0.251 e. The molecule has 1 unspecified atom stereocenters. The van der Waals surface area contributed by atoms with E-state index < -0.39 is 0 Å². The number of nitrogens with one attached hydrogen (secondary N) is 2. The lowest BCUT2D eigenvalue weighted by atomic mass is 10.1. The fourth-order valence-electron chi connectivity index (χ4n) is 2.22. The lowest BCUT2D eigenvalue weighted by Gasteiger charge is -2.11. The zero-order valence-corrected chi connectivity index (χ0v) is 18.3. The molecule has 142 valence electrons. The van der Waals surface area contributed by atoms with Crippen LogP contribution in [0.15, 0.2) is 46.8 Å². The standard InChI is InChI=1S/C19H26N4OS.HI/c1-3-14(2)23-18(24)16-7-4-6-15(12-16)13-22-19(20)21-10-9-17-8-5-11-25-17;/h4-8,11-12,14H,3,9-10,13H2,1-2H3,(H,23,24)(H3,20,21,22);1H. The van der Waals surface area contributed by atoms with E-state index in [1.807, 2.05) is 44.2 Å². The lowest BCUT2D eigenvalue weighted by Crippen LogP contribution is -2.33. The van der Waals surface area contributed by atoms with Crippen LogP contribution in [0.5, 0.6) is 0 Å². The molecular weight excluding hydrogens is 459 g/mol. The van der Waals surface area contributed by atoms with E-state index >= 15 is 0 Å². The Labute approximate surface area is 176 Å². The maximum atomic E-state index is 12.2. The molecule has 1 aromatic carbocycles. The third-order valence-electron chi connectivity index (χ3n) is 3.87. The second kappa shape index (κ2) is 11.9. The van der Waals surface area contributed by atoms with Crippen LogP contribution in [0.2, 0.25) is 0 Å². The Morgan fingerprint density at radius 2 is 2.12 bits per heavy atom. The molecule has 5 nitrogen and oxygen atoms in total. The molecule has 2 aromatic rings. The average Bonchev–Trinajstić information content (AvgIpc) is 3.13. The second-order valence-corrected chi connectivity index (χ2v) is 6.97. The molecule has 0 spiro atoms. The van der Waals surface area contributed by atoms with Gasteiger partial charge in [0.25, 0.3) is 5.91 Å². The summed E-state index contributed by atoms with van der Waals surface area (Å²) in [6, 6.07) is 11.8. The quantitative estimate of drug-likeness (QED) is 0.304. The lowest BCUT2D eigenvalue weighted by molar-refractivity contribution is 0.0939. The smallest absolute Gasteiger partial charge is 0.251 e. The number of carbonyl (C=O) groups excluding carboxylic acids is 1. The number of guanidine groups is 1. The minimum Gasteiger partial charge on any atom is -0.370 e. The van der Waals surface area contributed by atoms with Gasteiger partial charge in [0.2, 0.25) is 0 Å². The predicted octanol–water partition coefficient (Wildman–Crippen LogP) is 3.54. The number of nitrogens with zero attached hydrogens (tertiary/aromatic N) is 1. The Morgan fingerprint density at radius 1 is 1.31 bits per heavy atom. The number of benzene rings is 1. The fourth-order valence-corrected chi connectivity index (χ4v) is 2.93.